The van der Waals surface area contributed by atoms with Crippen LogP contribution in [-0.2, 0) is 31.1 Å². The molecule has 0 bridgehead atoms. The summed E-state index contributed by atoms with van der Waals surface area (Å²) in [6.07, 6.45) is 10.8. The molecule has 0 saturated carbocycles. The van der Waals surface area contributed by atoms with E-state index in [0.717, 1.165) is 69.6 Å². The van der Waals surface area contributed by atoms with Gasteiger partial charge in [-0.3, -0.25) is 9.11 Å². The van der Waals surface area contributed by atoms with Crippen molar-refractivity contribution in [2.45, 2.75) is 74.5 Å². The Morgan fingerprint density at radius 3 is 2.07 bits per heavy atom. The molecule has 228 valence electrons. The molecule has 0 unspecified atom stereocenters. The Labute approximate surface area is 259 Å². The van der Waals surface area contributed by atoms with Gasteiger partial charge in [0.1, 0.15) is 0 Å². The first-order valence-corrected chi connectivity index (χ1v) is 17.3. The standard InChI is InChI=1S/C33H36ClNO6S2/c1-20-25-14-12-23(42(36,37)38)18-27(25)32(2,3)26(20)15-10-21-8-7-9-22(31(21)34)11-17-30-33(4,5)28-19-24(43(39,40)41)13-16-29(28)35(30)6/h10-19H,7-9H2,1-6H3,(H,36,37,38)(H,39,40,41)/b15-10?,22-11+,30-17?. The molecule has 3 aliphatic rings. The fraction of sp³-hybridized carbons (Fsp3) is 0.333. The van der Waals surface area contributed by atoms with Crippen molar-refractivity contribution in [2.24, 2.45) is 0 Å². The van der Waals surface area contributed by atoms with Crippen LogP contribution in [0.1, 0.15) is 70.6 Å². The van der Waals surface area contributed by atoms with Gasteiger partial charge in [-0.15, -0.1) is 0 Å². The van der Waals surface area contributed by atoms with E-state index >= 15 is 0 Å². The summed E-state index contributed by atoms with van der Waals surface area (Å²) in [5.41, 5.74) is 7.65. The molecule has 0 spiro atoms. The maximum atomic E-state index is 11.8. The zero-order valence-corrected chi connectivity index (χ0v) is 27.5. The summed E-state index contributed by atoms with van der Waals surface area (Å²) in [5, 5.41) is 0.698. The zero-order chi connectivity index (χ0) is 31.7. The molecular formula is C33H36ClNO6S2. The van der Waals surface area contributed by atoms with Crippen molar-refractivity contribution in [3.05, 3.63) is 105 Å². The predicted molar refractivity (Wildman–Crippen MR) is 172 cm³/mol. The molecule has 0 aromatic heterocycles. The van der Waals surface area contributed by atoms with Crippen LogP contribution in [0.15, 0.2) is 97.9 Å². The molecule has 0 saturated heterocycles. The van der Waals surface area contributed by atoms with Gasteiger partial charge in [-0.05, 0) is 102 Å². The number of halogens is 1. The van der Waals surface area contributed by atoms with Gasteiger partial charge in [0.15, 0.2) is 0 Å². The Bertz CT molecular complexity index is 1930. The number of hydrogen-bond donors (Lipinski definition) is 2. The lowest BCUT2D eigenvalue weighted by Crippen LogP contribution is -2.22. The van der Waals surface area contributed by atoms with E-state index in [2.05, 4.69) is 12.2 Å². The van der Waals surface area contributed by atoms with Gasteiger partial charge in [-0.25, -0.2) is 0 Å². The van der Waals surface area contributed by atoms with E-state index in [1.54, 1.807) is 18.2 Å². The van der Waals surface area contributed by atoms with Crippen LogP contribution in [0, 0.1) is 0 Å². The van der Waals surface area contributed by atoms with Crippen molar-refractivity contribution in [1.29, 1.82) is 0 Å². The van der Waals surface area contributed by atoms with Gasteiger partial charge in [-0.1, -0.05) is 63.6 Å². The van der Waals surface area contributed by atoms with Crippen LogP contribution in [0.5, 0.6) is 0 Å². The summed E-state index contributed by atoms with van der Waals surface area (Å²) in [6, 6.07) is 9.40. The predicted octanol–water partition coefficient (Wildman–Crippen LogP) is 7.72. The summed E-state index contributed by atoms with van der Waals surface area (Å²) in [6.45, 7) is 10.2. The molecule has 10 heteroatoms. The fourth-order valence-electron chi connectivity index (χ4n) is 6.67. The SMILES string of the molecule is CC1=C(C=CC2=C(Cl)/C(=C/C=C3N(C)c4ccc(S(=O)(=O)O)cc4C3(C)C)CCC2)C(C)(C)c2cc(S(=O)(=O)O)ccc21. The van der Waals surface area contributed by atoms with E-state index in [9.17, 15) is 25.9 Å². The summed E-state index contributed by atoms with van der Waals surface area (Å²) in [4.78, 5) is 1.79. The van der Waals surface area contributed by atoms with Crippen molar-refractivity contribution in [1.82, 2.24) is 0 Å². The van der Waals surface area contributed by atoms with Crippen molar-refractivity contribution in [3.8, 4) is 0 Å². The molecule has 0 fully saturated rings. The van der Waals surface area contributed by atoms with Gasteiger partial charge in [0.05, 0.1) is 9.79 Å². The summed E-state index contributed by atoms with van der Waals surface area (Å²) >= 11 is 6.97. The van der Waals surface area contributed by atoms with E-state index in [1.165, 1.54) is 18.2 Å². The van der Waals surface area contributed by atoms with Gasteiger partial charge in [0.2, 0.25) is 0 Å². The molecule has 1 aliphatic heterocycles. The summed E-state index contributed by atoms with van der Waals surface area (Å²) < 4.78 is 66.2. The lowest BCUT2D eigenvalue weighted by atomic mass is 9.80. The number of rotatable bonds is 5. The normalized spacial score (nSPS) is 21.8. The number of nitrogens with zero attached hydrogens (tertiary/aromatic N) is 1. The van der Waals surface area contributed by atoms with Crippen molar-refractivity contribution >= 4 is 43.1 Å². The number of allylic oxidation sites excluding steroid dienone is 10. The fourth-order valence-corrected chi connectivity index (χ4v) is 8.00. The van der Waals surface area contributed by atoms with Gasteiger partial charge < -0.3 is 4.90 Å². The molecular weight excluding hydrogens is 606 g/mol. The Morgan fingerprint density at radius 2 is 1.44 bits per heavy atom. The van der Waals surface area contributed by atoms with Crippen LogP contribution in [0.3, 0.4) is 0 Å². The van der Waals surface area contributed by atoms with Crippen LogP contribution in [-0.4, -0.2) is 33.0 Å². The monoisotopic (exact) mass is 641 g/mol. The minimum atomic E-state index is -4.32. The lowest BCUT2D eigenvalue weighted by molar-refractivity contribution is 0.480. The van der Waals surface area contributed by atoms with Gasteiger partial charge in [-0.2, -0.15) is 16.8 Å². The van der Waals surface area contributed by atoms with E-state index in [-0.39, 0.29) is 9.79 Å². The molecule has 2 aliphatic carbocycles. The zero-order valence-electron chi connectivity index (χ0n) is 25.1. The quantitative estimate of drug-likeness (QED) is 0.322. The molecule has 2 aromatic carbocycles. The summed E-state index contributed by atoms with van der Waals surface area (Å²) in [5.74, 6) is 0. The molecule has 5 rings (SSSR count). The van der Waals surface area contributed by atoms with Gasteiger partial charge in [0, 0.05) is 34.3 Å². The number of anilines is 1. The number of likely N-dealkylation sites (N-methyl/N-ethyl adjacent to an activating group) is 1. The Hall–Kier alpha value is -2.95. The number of benzene rings is 2. The Morgan fingerprint density at radius 1 is 0.837 bits per heavy atom. The highest BCUT2D eigenvalue weighted by atomic mass is 35.5. The highest BCUT2D eigenvalue weighted by molar-refractivity contribution is 7.86. The van der Waals surface area contributed by atoms with Crippen LogP contribution >= 0.6 is 11.6 Å². The van der Waals surface area contributed by atoms with Gasteiger partial charge in [0.25, 0.3) is 20.2 Å². The van der Waals surface area contributed by atoms with Crippen molar-refractivity contribution < 1.29 is 25.9 Å². The van der Waals surface area contributed by atoms with E-state index in [1.807, 2.05) is 58.7 Å². The Balaban J connectivity index is 1.46. The van der Waals surface area contributed by atoms with Crippen molar-refractivity contribution in [2.75, 3.05) is 11.9 Å². The van der Waals surface area contributed by atoms with E-state index < -0.39 is 31.1 Å². The highest BCUT2D eigenvalue weighted by Gasteiger charge is 2.39. The van der Waals surface area contributed by atoms with E-state index in [0.29, 0.717) is 5.03 Å². The summed E-state index contributed by atoms with van der Waals surface area (Å²) in [7, 11) is -6.69. The van der Waals surface area contributed by atoms with Crippen LogP contribution in [0.25, 0.3) is 5.57 Å². The van der Waals surface area contributed by atoms with Gasteiger partial charge >= 0.3 is 0 Å². The number of hydrogen-bond acceptors (Lipinski definition) is 5. The average molecular weight is 642 g/mol. The second-order valence-corrected chi connectivity index (χ2v) is 15.7. The third kappa shape index (κ3) is 5.46. The minimum absolute atomic E-state index is 0.114. The molecule has 7 nitrogen and oxygen atoms in total. The molecule has 0 atom stereocenters. The first-order chi connectivity index (χ1) is 19.8. The molecule has 2 aromatic rings. The first-order valence-electron chi connectivity index (χ1n) is 14.0. The largest absolute Gasteiger partial charge is 0.347 e. The van der Waals surface area contributed by atoms with Crippen LogP contribution in [0.2, 0.25) is 0 Å². The molecule has 1 heterocycles. The second-order valence-electron chi connectivity index (χ2n) is 12.5. The first kappa shape index (κ1) is 31.5. The molecule has 0 radical (unpaired) electrons. The molecule has 2 N–H and O–H groups in total. The average Bonchev–Trinajstić information content (AvgIpc) is 3.23. The molecule has 0 amide bonds. The highest BCUT2D eigenvalue weighted by Crippen LogP contribution is 2.49. The smallest absolute Gasteiger partial charge is 0.294 e. The third-order valence-electron chi connectivity index (χ3n) is 9.10. The van der Waals surface area contributed by atoms with Crippen molar-refractivity contribution in [3.63, 3.8) is 0 Å². The third-order valence-corrected chi connectivity index (χ3v) is 11.3. The van der Waals surface area contributed by atoms with E-state index in [4.69, 9.17) is 11.6 Å². The minimum Gasteiger partial charge on any atom is -0.347 e. The molecule has 43 heavy (non-hydrogen) atoms. The maximum absolute atomic E-state index is 11.8. The van der Waals surface area contributed by atoms with Crippen LogP contribution in [0.4, 0.5) is 5.69 Å². The van der Waals surface area contributed by atoms with Crippen LogP contribution < -0.4 is 4.90 Å². The maximum Gasteiger partial charge on any atom is 0.294 e. The second kappa shape index (κ2) is 10.6. The number of fused-ring (bicyclic) bond motifs is 2. The topological polar surface area (TPSA) is 112 Å². The lowest BCUT2D eigenvalue weighted by Gasteiger charge is -2.24. The Kier molecular flexibility index (Phi) is 7.75.